The van der Waals surface area contributed by atoms with Crippen LogP contribution in [-0.2, 0) is 19.4 Å². The average molecular weight is 371 g/mol. The van der Waals surface area contributed by atoms with Gasteiger partial charge in [0, 0.05) is 4.88 Å². The number of nitrogens with zero attached hydrogens (tertiary/aromatic N) is 3. The quantitative estimate of drug-likeness (QED) is 0.679. The molecule has 6 heteroatoms. The Bertz CT molecular complexity index is 1030. The van der Waals surface area contributed by atoms with Crippen molar-refractivity contribution in [2.24, 2.45) is 11.3 Å². The third-order valence-corrected chi connectivity index (χ3v) is 6.52. The summed E-state index contributed by atoms with van der Waals surface area (Å²) in [7, 11) is 0. The van der Waals surface area contributed by atoms with Crippen LogP contribution in [-0.4, -0.2) is 15.0 Å². The van der Waals surface area contributed by atoms with Crippen molar-refractivity contribution in [1.82, 2.24) is 15.0 Å². The molecule has 1 aromatic carbocycles. The zero-order valence-corrected chi connectivity index (χ0v) is 16.1. The maximum atomic E-state index is 13.4. The first-order chi connectivity index (χ1) is 12.3. The molecule has 2 aromatic heterocycles. The fraction of sp³-hybridized carbons (Fsp3) is 0.450. The van der Waals surface area contributed by atoms with E-state index in [1.165, 1.54) is 21.7 Å². The maximum absolute atomic E-state index is 13.4. The summed E-state index contributed by atoms with van der Waals surface area (Å²) < 4.78 is 14.8. The minimum Gasteiger partial charge on any atom is -0.267 e. The summed E-state index contributed by atoms with van der Waals surface area (Å²) in [6.07, 6.45) is 3.01. The van der Waals surface area contributed by atoms with Crippen molar-refractivity contribution in [3.8, 4) is 0 Å². The monoisotopic (exact) mass is 371 g/mol. The smallest absolute Gasteiger partial charge is 0.267 e. The zero-order valence-electron chi connectivity index (χ0n) is 15.3. The van der Waals surface area contributed by atoms with Gasteiger partial charge in [0.15, 0.2) is 4.83 Å². The highest BCUT2D eigenvalue weighted by Gasteiger charge is 2.31. The molecular formula is C20H22FN3OS. The average Bonchev–Trinajstić information content (AvgIpc) is 2.95. The standard InChI is InChI=1S/C20H22FN3OS/c1-20(2,3)13-7-8-15-16(10-13)26-18-17(15)19(25)24(23-22-18)11-12-5-4-6-14(21)9-12/h4-6,9,13H,7-8,10-11H2,1-3H3. The van der Waals surface area contributed by atoms with Gasteiger partial charge in [-0.2, -0.15) is 0 Å². The predicted molar refractivity (Wildman–Crippen MR) is 102 cm³/mol. The normalized spacial score (nSPS) is 17.5. The highest BCUT2D eigenvalue weighted by atomic mass is 32.1. The Hall–Kier alpha value is -2.08. The van der Waals surface area contributed by atoms with Gasteiger partial charge in [0.25, 0.3) is 5.56 Å². The van der Waals surface area contributed by atoms with Crippen molar-refractivity contribution in [1.29, 1.82) is 0 Å². The van der Waals surface area contributed by atoms with Crippen LogP contribution in [0.25, 0.3) is 10.2 Å². The van der Waals surface area contributed by atoms with Crippen LogP contribution >= 0.6 is 11.3 Å². The van der Waals surface area contributed by atoms with E-state index in [0.717, 1.165) is 29.7 Å². The molecule has 0 fully saturated rings. The van der Waals surface area contributed by atoms with Crippen LogP contribution in [0.2, 0.25) is 0 Å². The van der Waals surface area contributed by atoms with Crippen molar-refractivity contribution in [2.45, 2.75) is 46.6 Å². The first kappa shape index (κ1) is 17.3. The van der Waals surface area contributed by atoms with Gasteiger partial charge >= 0.3 is 0 Å². The van der Waals surface area contributed by atoms with E-state index in [9.17, 15) is 9.18 Å². The van der Waals surface area contributed by atoms with Crippen molar-refractivity contribution in [3.63, 3.8) is 0 Å². The minimum absolute atomic E-state index is 0.119. The van der Waals surface area contributed by atoms with Crippen molar-refractivity contribution in [2.75, 3.05) is 0 Å². The summed E-state index contributed by atoms with van der Waals surface area (Å²) >= 11 is 1.60. The van der Waals surface area contributed by atoms with Crippen molar-refractivity contribution >= 4 is 21.6 Å². The van der Waals surface area contributed by atoms with Crippen LogP contribution in [0.4, 0.5) is 4.39 Å². The number of thiophene rings is 1. The molecule has 0 saturated heterocycles. The third kappa shape index (κ3) is 3.07. The molecule has 0 amide bonds. The van der Waals surface area contributed by atoms with Gasteiger partial charge in [0.2, 0.25) is 0 Å². The Labute approximate surface area is 155 Å². The zero-order chi connectivity index (χ0) is 18.5. The molecule has 0 radical (unpaired) electrons. The van der Waals surface area contributed by atoms with Crippen molar-refractivity contribution in [3.05, 3.63) is 56.4 Å². The molecule has 0 N–H and O–H groups in total. The number of halogens is 1. The predicted octanol–water partition coefficient (Wildman–Crippen LogP) is 4.19. The van der Waals surface area contributed by atoms with Gasteiger partial charge in [-0.1, -0.05) is 38.1 Å². The van der Waals surface area contributed by atoms with Crippen LogP contribution in [0.3, 0.4) is 0 Å². The van der Waals surface area contributed by atoms with E-state index in [0.29, 0.717) is 16.9 Å². The molecule has 0 aliphatic heterocycles. The van der Waals surface area contributed by atoms with E-state index in [-0.39, 0.29) is 23.3 Å². The largest absolute Gasteiger partial charge is 0.279 e. The van der Waals surface area contributed by atoms with Gasteiger partial charge in [-0.15, -0.1) is 16.4 Å². The van der Waals surface area contributed by atoms with Crippen LogP contribution in [0.15, 0.2) is 29.1 Å². The number of aryl methyl sites for hydroxylation is 1. The van der Waals surface area contributed by atoms with Crippen LogP contribution in [0, 0.1) is 17.2 Å². The Kier molecular flexibility index (Phi) is 4.18. The number of hydrogen-bond acceptors (Lipinski definition) is 4. The molecule has 3 aromatic rings. The Morgan fingerprint density at radius 2 is 2.15 bits per heavy atom. The molecule has 26 heavy (non-hydrogen) atoms. The molecule has 4 nitrogen and oxygen atoms in total. The molecule has 136 valence electrons. The maximum Gasteiger partial charge on any atom is 0.279 e. The van der Waals surface area contributed by atoms with Crippen LogP contribution in [0.5, 0.6) is 0 Å². The van der Waals surface area contributed by atoms with Crippen LogP contribution in [0.1, 0.15) is 43.2 Å². The second-order valence-corrected chi connectivity index (χ2v) is 9.26. The Balaban J connectivity index is 1.74. The van der Waals surface area contributed by atoms with Gasteiger partial charge in [0.05, 0.1) is 11.9 Å². The summed E-state index contributed by atoms with van der Waals surface area (Å²) in [5, 5.41) is 9.09. The van der Waals surface area contributed by atoms with Gasteiger partial charge in [-0.3, -0.25) is 4.79 Å². The molecule has 4 rings (SSSR count). The fourth-order valence-corrected chi connectivity index (χ4v) is 5.01. The number of fused-ring (bicyclic) bond motifs is 3. The first-order valence-electron chi connectivity index (χ1n) is 8.95. The van der Waals surface area contributed by atoms with Gasteiger partial charge in [-0.05, 0) is 53.9 Å². The van der Waals surface area contributed by atoms with Gasteiger partial charge < -0.3 is 0 Å². The summed E-state index contributed by atoms with van der Waals surface area (Å²) in [5.41, 5.74) is 2.00. The molecular weight excluding hydrogens is 349 g/mol. The molecule has 1 aliphatic rings. The highest BCUT2D eigenvalue weighted by Crippen LogP contribution is 2.41. The highest BCUT2D eigenvalue weighted by molar-refractivity contribution is 7.18. The lowest BCUT2D eigenvalue weighted by atomic mass is 9.72. The molecule has 1 unspecified atom stereocenters. The van der Waals surface area contributed by atoms with E-state index < -0.39 is 0 Å². The lowest BCUT2D eigenvalue weighted by molar-refractivity contribution is 0.218. The first-order valence-corrected chi connectivity index (χ1v) is 9.77. The minimum atomic E-state index is -0.314. The van der Waals surface area contributed by atoms with Gasteiger partial charge in [-0.25, -0.2) is 9.07 Å². The second kappa shape index (κ2) is 6.27. The summed E-state index contributed by atoms with van der Waals surface area (Å²) in [6, 6.07) is 6.25. The number of hydrogen-bond donors (Lipinski definition) is 0. The summed E-state index contributed by atoms with van der Waals surface area (Å²) in [4.78, 5) is 15.0. The number of aromatic nitrogens is 3. The summed E-state index contributed by atoms with van der Waals surface area (Å²) in [6.45, 7) is 7.07. The Morgan fingerprint density at radius 3 is 2.88 bits per heavy atom. The SMILES string of the molecule is CC(C)(C)C1CCc2c(sc3nnn(Cc4cccc(F)c4)c(=O)c23)C1. The molecule has 0 saturated carbocycles. The summed E-state index contributed by atoms with van der Waals surface area (Å²) in [5.74, 6) is 0.302. The van der Waals surface area contributed by atoms with E-state index >= 15 is 0 Å². The lowest BCUT2D eigenvalue weighted by Crippen LogP contribution is -2.28. The van der Waals surface area contributed by atoms with E-state index in [1.54, 1.807) is 23.5 Å². The van der Waals surface area contributed by atoms with Crippen molar-refractivity contribution < 1.29 is 4.39 Å². The lowest BCUT2D eigenvalue weighted by Gasteiger charge is -2.33. The molecule has 0 bridgehead atoms. The number of rotatable bonds is 2. The molecule has 1 atom stereocenters. The number of benzene rings is 1. The van der Waals surface area contributed by atoms with E-state index in [2.05, 4.69) is 31.1 Å². The van der Waals surface area contributed by atoms with E-state index in [1.807, 2.05) is 0 Å². The fourth-order valence-electron chi connectivity index (χ4n) is 3.78. The second-order valence-electron chi connectivity index (χ2n) is 8.17. The molecule has 2 heterocycles. The topological polar surface area (TPSA) is 47.8 Å². The van der Waals surface area contributed by atoms with Crippen LogP contribution < -0.4 is 5.56 Å². The molecule has 0 spiro atoms. The van der Waals surface area contributed by atoms with Gasteiger partial charge in [0.1, 0.15) is 5.82 Å². The van der Waals surface area contributed by atoms with E-state index in [4.69, 9.17) is 0 Å². The molecule has 1 aliphatic carbocycles. The third-order valence-electron chi connectivity index (χ3n) is 5.38. The Morgan fingerprint density at radius 1 is 1.35 bits per heavy atom.